The van der Waals surface area contributed by atoms with Crippen molar-refractivity contribution in [2.24, 2.45) is 5.92 Å². The number of rotatable bonds is 4. The maximum absolute atomic E-state index is 6.10. The fraction of sp³-hybridized carbons (Fsp3) is 0.500. The summed E-state index contributed by atoms with van der Waals surface area (Å²) in [4.78, 5) is 6.82. The molecule has 0 atom stereocenters. The third kappa shape index (κ3) is 3.85. The number of methoxy groups -OCH3 is 1. The van der Waals surface area contributed by atoms with Gasteiger partial charge in [-0.15, -0.1) is 0 Å². The monoisotopic (exact) mass is 352 g/mol. The van der Waals surface area contributed by atoms with Crippen molar-refractivity contribution >= 4 is 0 Å². The van der Waals surface area contributed by atoms with Crippen LogP contribution in [-0.4, -0.2) is 36.7 Å². The highest BCUT2D eigenvalue weighted by Gasteiger charge is 2.23. The molecule has 1 aromatic carbocycles. The quantitative estimate of drug-likeness (QED) is 0.809. The molecule has 1 aromatic heterocycles. The van der Waals surface area contributed by atoms with Crippen LogP contribution in [0.2, 0.25) is 0 Å². The third-order valence-corrected chi connectivity index (χ3v) is 5.64. The van der Waals surface area contributed by atoms with Gasteiger partial charge >= 0.3 is 0 Å². The summed E-state index contributed by atoms with van der Waals surface area (Å²) in [5, 5.41) is 0. The highest BCUT2D eigenvalue weighted by atomic mass is 16.5. The van der Waals surface area contributed by atoms with Crippen molar-refractivity contribution < 1.29 is 9.47 Å². The van der Waals surface area contributed by atoms with Gasteiger partial charge in [0.05, 0.1) is 7.11 Å². The van der Waals surface area contributed by atoms with E-state index in [2.05, 4.69) is 28.1 Å². The van der Waals surface area contributed by atoms with Crippen molar-refractivity contribution in [3.05, 3.63) is 42.2 Å². The highest BCUT2D eigenvalue weighted by Crippen LogP contribution is 2.38. The van der Waals surface area contributed by atoms with Crippen LogP contribution in [0, 0.1) is 5.92 Å². The van der Waals surface area contributed by atoms with E-state index in [0.29, 0.717) is 0 Å². The Kier molecular flexibility index (Phi) is 5.40. The molecule has 1 saturated carbocycles. The van der Waals surface area contributed by atoms with E-state index in [0.717, 1.165) is 48.2 Å². The van der Waals surface area contributed by atoms with Crippen LogP contribution < -0.4 is 9.47 Å². The molecule has 4 heteroatoms. The number of hydrogen-bond acceptors (Lipinski definition) is 4. The van der Waals surface area contributed by atoms with Crippen LogP contribution in [0.4, 0.5) is 0 Å². The smallest absolute Gasteiger partial charge is 0.165 e. The lowest BCUT2D eigenvalue weighted by Crippen LogP contribution is -2.32. The Hall–Kier alpha value is -2.07. The first-order valence-corrected chi connectivity index (χ1v) is 9.80. The van der Waals surface area contributed by atoms with Crippen LogP contribution in [0.5, 0.6) is 11.5 Å². The van der Waals surface area contributed by atoms with Crippen LogP contribution >= 0.6 is 0 Å². The standard InChI is InChI=1S/C22H28N2O2/c1-25-21-13-19(18-8-5-9-23-14-18)12-20-16-24(10-11-26-22(20)21)15-17-6-3-2-4-7-17/h5,8-9,12-14,17H,2-4,6-7,10-11,15-16H2,1H3. The second kappa shape index (κ2) is 8.09. The predicted octanol–water partition coefficient (Wildman–Crippen LogP) is 4.53. The highest BCUT2D eigenvalue weighted by molar-refractivity contribution is 5.68. The number of fused-ring (bicyclic) bond motifs is 1. The molecule has 0 N–H and O–H groups in total. The first kappa shape index (κ1) is 17.3. The number of ether oxygens (including phenoxy) is 2. The van der Waals surface area contributed by atoms with Crippen LogP contribution in [0.15, 0.2) is 36.7 Å². The normalized spacial score (nSPS) is 18.7. The molecule has 2 aromatic rings. The molecule has 4 nitrogen and oxygen atoms in total. The molecule has 0 saturated heterocycles. The van der Waals surface area contributed by atoms with E-state index in [-0.39, 0.29) is 0 Å². The second-order valence-corrected chi connectivity index (χ2v) is 7.50. The zero-order chi connectivity index (χ0) is 17.8. The topological polar surface area (TPSA) is 34.6 Å². The Morgan fingerprint density at radius 2 is 2.08 bits per heavy atom. The zero-order valence-corrected chi connectivity index (χ0v) is 15.6. The number of nitrogens with zero attached hydrogens (tertiary/aromatic N) is 2. The van der Waals surface area contributed by atoms with Crippen molar-refractivity contribution in [1.82, 2.24) is 9.88 Å². The summed E-state index contributed by atoms with van der Waals surface area (Å²) in [5.74, 6) is 2.57. The summed E-state index contributed by atoms with van der Waals surface area (Å²) in [6, 6.07) is 8.37. The Morgan fingerprint density at radius 1 is 1.19 bits per heavy atom. The van der Waals surface area contributed by atoms with Gasteiger partial charge in [-0.3, -0.25) is 9.88 Å². The second-order valence-electron chi connectivity index (χ2n) is 7.50. The van der Waals surface area contributed by atoms with Crippen molar-refractivity contribution in [3.8, 4) is 22.6 Å². The fourth-order valence-electron chi connectivity index (χ4n) is 4.28. The first-order chi connectivity index (χ1) is 12.8. The minimum absolute atomic E-state index is 0.725. The van der Waals surface area contributed by atoms with E-state index in [4.69, 9.17) is 9.47 Å². The van der Waals surface area contributed by atoms with Crippen LogP contribution in [0.25, 0.3) is 11.1 Å². The molecule has 2 heterocycles. The van der Waals surface area contributed by atoms with E-state index in [9.17, 15) is 0 Å². The molecule has 26 heavy (non-hydrogen) atoms. The molecular formula is C22H28N2O2. The molecule has 0 amide bonds. The molecule has 0 spiro atoms. The van der Waals surface area contributed by atoms with E-state index in [1.54, 1.807) is 13.3 Å². The minimum atomic E-state index is 0.725. The van der Waals surface area contributed by atoms with E-state index in [1.165, 1.54) is 44.2 Å². The average molecular weight is 352 g/mol. The average Bonchev–Trinajstić information content (AvgIpc) is 2.90. The van der Waals surface area contributed by atoms with Crippen LogP contribution in [0.3, 0.4) is 0 Å². The largest absolute Gasteiger partial charge is 0.493 e. The fourth-order valence-corrected chi connectivity index (χ4v) is 4.28. The molecule has 0 unspecified atom stereocenters. The lowest BCUT2D eigenvalue weighted by Gasteiger charge is -2.28. The van der Waals surface area contributed by atoms with Gasteiger partial charge in [0, 0.05) is 43.2 Å². The maximum Gasteiger partial charge on any atom is 0.165 e. The molecule has 1 fully saturated rings. The van der Waals surface area contributed by atoms with Gasteiger partial charge in [-0.05, 0) is 42.5 Å². The van der Waals surface area contributed by atoms with E-state index < -0.39 is 0 Å². The van der Waals surface area contributed by atoms with E-state index >= 15 is 0 Å². The van der Waals surface area contributed by atoms with Gasteiger partial charge < -0.3 is 9.47 Å². The van der Waals surface area contributed by atoms with Gasteiger partial charge in [-0.25, -0.2) is 0 Å². The van der Waals surface area contributed by atoms with Gasteiger partial charge in [-0.1, -0.05) is 25.3 Å². The molecule has 0 radical (unpaired) electrons. The van der Waals surface area contributed by atoms with Gasteiger partial charge in [-0.2, -0.15) is 0 Å². The first-order valence-electron chi connectivity index (χ1n) is 9.80. The SMILES string of the molecule is COc1cc(-c2cccnc2)cc2c1OCCN(CC1CCCCC1)C2. The molecule has 4 rings (SSSR count). The summed E-state index contributed by atoms with van der Waals surface area (Å²) in [6.45, 7) is 3.82. The lowest BCUT2D eigenvalue weighted by atomic mass is 9.89. The maximum atomic E-state index is 6.10. The number of pyridine rings is 1. The molecule has 1 aliphatic heterocycles. The van der Waals surface area contributed by atoms with Crippen molar-refractivity contribution in [1.29, 1.82) is 0 Å². The summed E-state index contributed by atoms with van der Waals surface area (Å²) < 4.78 is 11.8. The van der Waals surface area contributed by atoms with Gasteiger partial charge in [0.2, 0.25) is 0 Å². The van der Waals surface area contributed by atoms with Crippen molar-refractivity contribution in [3.63, 3.8) is 0 Å². The third-order valence-electron chi connectivity index (χ3n) is 5.64. The molecule has 0 bridgehead atoms. The Labute approximate surface area is 156 Å². The Balaban J connectivity index is 1.60. The number of hydrogen-bond donors (Lipinski definition) is 0. The Bertz CT molecular complexity index is 726. The van der Waals surface area contributed by atoms with Gasteiger partial charge in [0.1, 0.15) is 6.61 Å². The van der Waals surface area contributed by atoms with Crippen molar-refractivity contribution in [2.75, 3.05) is 26.8 Å². The van der Waals surface area contributed by atoms with Crippen molar-refractivity contribution in [2.45, 2.75) is 38.6 Å². The summed E-state index contributed by atoms with van der Waals surface area (Å²) in [6.07, 6.45) is 10.7. The molecule has 1 aliphatic carbocycles. The number of benzene rings is 1. The Morgan fingerprint density at radius 3 is 2.85 bits per heavy atom. The lowest BCUT2D eigenvalue weighted by molar-refractivity contribution is 0.177. The minimum Gasteiger partial charge on any atom is -0.493 e. The van der Waals surface area contributed by atoms with Gasteiger partial charge in [0.25, 0.3) is 0 Å². The van der Waals surface area contributed by atoms with Crippen LogP contribution in [0.1, 0.15) is 37.7 Å². The summed E-state index contributed by atoms with van der Waals surface area (Å²) in [7, 11) is 1.72. The molecule has 2 aliphatic rings. The predicted molar refractivity (Wildman–Crippen MR) is 104 cm³/mol. The van der Waals surface area contributed by atoms with E-state index in [1.807, 2.05) is 12.3 Å². The zero-order valence-electron chi connectivity index (χ0n) is 15.6. The molecular weight excluding hydrogens is 324 g/mol. The molecule has 138 valence electrons. The summed E-state index contributed by atoms with van der Waals surface area (Å²) in [5.41, 5.74) is 3.46. The van der Waals surface area contributed by atoms with Crippen LogP contribution in [-0.2, 0) is 6.54 Å². The summed E-state index contributed by atoms with van der Waals surface area (Å²) >= 11 is 0. The van der Waals surface area contributed by atoms with Gasteiger partial charge in [0.15, 0.2) is 11.5 Å². The number of aromatic nitrogens is 1.